The minimum atomic E-state index is -1.67. The van der Waals surface area contributed by atoms with Gasteiger partial charge in [0.05, 0.1) is 25.4 Å². The van der Waals surface area contributed by atoms with Gasteiger partial charge in [0, 0.05) is 6.42 Å². The lowest BCUT2D eigenvalue weighted by Gasteiger charge is -2.40. The second-order valence-corrected chi connectivity index (χ2v) is 13.3. The standard InChI is InChI=1S/C37H69NO10/c1-3-5-7-9-11-13-14-15-17-19-21-23-25-30(41)36(46)38-28(27-47-37-35(45)34(44)33(43)31(26-39)48-37)32(42)29(40)24-22-20-18-16-12-10-8-6-4-2/h15,17,21,23,28-35,37,39-45H,3-14,16,18-20,22,24-27H2,1-2H3,(H,38,46)/b17-15-,23-21-. The summed E-state index contributed by atoms with van der Waals surface area (Å²) in [5.41, 5.74) is 0. The van der Waals surface area contributed by atoms with Gasteiger partial charge in [-0.2, -0.15) is 0 Å². The van der Waals surface area contributed by atoms with Crippen molar-refractivity contribution in [1.82, 2.24) is 5.32 Å². The quantitative estimate of drug-likeness (QED) is 0.0423. The molecule has 1 rings (SSSR count). The molecule has 0 radical (unpaired) electrons. The third-order valence-corrected chi connectivity index (χ3v) is 9.02. The maximum absolute atomic E-state index is 12.9. The van der Waals surface area contributed by atoms with Gasteiger partial charge < -0.3 is 50.5 Å². The summed E-state index contributed by atoms with van der Waals surface area (Å²) in [5.74, 6) is -0.769. The van der Waals surface area contributed by atoms with Crippen LogP contribution in [0.2, 0.25) is 0 Å². The summed E-state index contributed by atoms with van der Waals surface area (Å²) in [6, 6.07) is -1.19. The van der Waals surface area contributed by atoms with Crippen LogP contribution < -0.4 is 5.32 Å². The summed E-state index contributed by atoms with van der Waals surface area (Å²) < 4.78 is 11.0. The average Bonchev–Trinajstić information content (AvgIpc) is 3.08. The molecular formula is C37H69NO10. The van der Waals surface area contributed by atoms with Crippen molar-refractivity contribution in [3.8, 4) is 0 Å². The van der Waals surface area contributed by atoms with Crippen molar-refractivity contribution in [3.63, 3.8) is 0 Å². The predicted octanol–water partition coefficient (Wildman–Crippen LogP) is 3.93. The molecule has 11 nitrogen and oxygen atoms in total. The fourth-order valence-electron chi connectivity index (χ4n) is 5.77. The Morgan fingerprint density at radius 1 is 0.750 bits per heavy atom. The van der Waals surface area contributed by atoms with Crippen LogP contribution in [0.4, 0.5) is 0 Å². The van der Waals surface area contributed by atoms with E-state index in [9.17, 15) is 40.5 Å². The summed E-state index contributed by atoms with van der Waals surface area (Å²) in [6.07, 6.45) is 15.6. The van der Waals surface area contributed by atoms with E-state index < -0.39 is 74.2 Å². The highest BCUT2D eigenvalue weighted by Crippen LogP contribution is 2.23. The molecule has 0 bridgehead atoms. The molecule has 9 unspecified atom stereocenters. The number of nitrogens with one attached hydrogen (secondary N) is 1. The predicted molar refractivity (Wildman–Crippen MR) is 187 cm³/mol. The van der Waals surface area contributed by atoms with Crippen molar-refractivity contribution in [2.75, 3.05) is 13.2 Å². The van der Waals surface area contributed by atoms with Crippen LogP contribution in [-0.2, 0) is 14.3 Å². The molecule has 0 aromatic heterocycles. The number of hydrogen-bond acceptors (Lipinski definition) is 10. The molecule has 9 atom stereocenters. The summed E-state index contributed by atoms with van der Waals surface area (Å²) in [6.45, 7) is 3.31. The van der Waals surface area contributed by atoms with Crippen LogP contribution in [0.15, 0.2) is 24.3 Å². The summed E-state index contributed by atoms with van der Waals surface area (Å²) >= 11 is 0. The Morgan fingerprint density at radius 2 is 1.31 bits per heavy atom. The minimum absolute atomic E-state index is 0.0501. The molecule has 1 aliphatic heterocycles. The summed E-state index contributed by atoms with van der Waals surface area (Å²) in [4.78, 5) is 12.9. The molecule has 0 saturated carbocycles. The van der Waals surface area contributed by atoms with Gasteiger partial charge in [-0.15, -0.1) is 0 Å². The molecule has 1 fully saturated rings. The average molecular weight is 688 g/mol. The number of unbranched alkanes of at least 4 members (excludes halogenated alkanes) is 14. The van der Waals surface area contributed by atoms with Crippen LogP contribution in [0, 0.1) is 0 Å². The lowest BCUT2D eigenvalue weighted by atomic mass is 9.98. The van der Waals surface area contributed by atoms with Crippen molar-refractivity contribution >= 4 is 5.91 Å². The van der Waals surface area contributed by atoms with Gasteiger partial charge in [0.1, 0.15) is 36.6 Å². The SMILES string of the molecule is CCCCCCCC/C=C\C/C=C\CC(O)C(=O)NC(COC1OC(CO)C(O)C(O)C1O)C(O)C(O)CCCCCCCCCCC. The molecule has 8 N–H and O–H groups in total. The Hall–Kier alpha value is -1.41. The molecule has 48 heavy (non-hydrogen) atoms. The van der Waals surface area contributed by atoms with Crippen molar-refractivity contribution < 1.29 is 50.0 Å². The second kappa shape index (κ2) is 28.3. The maximum atomic E-state index is 12.9. The third kappa shape index (κ3) is 19.1. The number of rotatable bonds is 29. The van der Waals surface area contributed by atoms with Crippen molar-refractivity contribution in [2.45, 2.75) is 191 Å². The first kappa shape index (κ1) is 44.6. The molecule has 282 valence electrons. The van der Waals surface area contributed by atoms with Gasteiger partial charge in [0.25, 0.3) is 0 Å². The van der Waals surface area contributed by atoms with Gasteiger partial charge in [0.15, 0.2) is 6.29 Å². The minimum Gasteiger partial charge on any atom is -0.394 e. The Balaban J connectivity index is 2.65. The number of ether oxygens (including phenoxy) is 2. The zero-order valence-electron chi connectivity index (χ0n) is 29.7. The van der Waals surface area contributed by atoms with Crippen LogP contribution in [0.25, 0.3) is 0 Å². The van der Waals surface area contributed by atoms with E-state index >= 15 is 0 Å². The van der Waals surface area contributed by atoms with E-state index in [1.54, 1.807) is 6.08 Å². The number of aliphatic hydroxyl groups is 7. The topological polar surface area (TPSA) is 189 Å². The second-order valence-electron chi connectivity index (χ2n) is 13.3. The molecule has 0 spiro atoms. The van der Waals surface area contributed by atoms with Crippen LogP contribution in [0.1, 0.15) is 136 Å². The fourth-order valence-corrected chi connectivity index (χ4v) is 5.77. The van der Waals surface area contributed by atoms with Gasteiger partial charge in [-0.3, -0.25) is 4.79 Å². The van der Waals surface area contributed by atoms with E-state index in [2.05, 4.69) is 31.3 Å². The Morgan fingerprint density at radius 3 is 1.92 bits per heavy atom. The van der Waals surface area contributed by atoms with Crippen molar-refractivity contribution in [2.24, 2.45) is 0 Å². The Bertz CT molecular complexity index is 841. The number of carbonyl (C=O) groups excluding carboxylic acids is 1. The molecule has 0 aromatic rings. The number of carbonyl (C=O) groups is 1. The maximum Gasteiger partial charge on any atom is 0.249 e. The lowest BCUT2D eigenvalue weighted by Crippen LogP contribution is -2.60. The van der Waals surface area contributed by atoms with Crippen LogP contribution in [-0.4, -0.2) is 110 Å². The van der Waals surface area contributed by atoms with E-state index in [-0.39, 0.29) is 6.42 Å². The molecule has 11 heteroatoms. The van der Waals surface area contributed by atoms with Crippen molar-refractivity contribution in [1.29, 1.82) is 0 Å². The van der Waals surface area contributed by atoms with Gasteiger partial charge in [-0.05, 0) is 25.7 Å². The first-order valence-corrected chi connectivity index (χ1v) is 18.7. The first-order chi connectivity index (χ1) is 23.2. The highest BCUT2D eigenvalue weighted by molar-refractivity contribution is 5.81. The summed E-state index contributed by atoms with van der Waals surface area (Å²) in [5, 5.41) is 74.8. The van der Waals surface area contributed by atoms with Crippen LogP contribution >= 0.6 is 0 Å². The molecule has 0 aromatic carbocycles. The zero-order valence-corrected chi connectivity index (χ0v) is 29.7. The molecular weight excluding hydrogens is 618 g/mol. The monoisotopic (exact) mass is 687 g/mol. The highest BCUT2D eigenvalue weighted by atomic mass is 16.7. The van der Waals surface area contributed by atoms with Crippen LogP contribution in [0.3, 0.4) is 0 Å². The largest absolute Gasteiger partial charge is 0.394 e. The van der Waals surface area contributed by atoms with Gasteiger partial charge in [-0.25, -0.2) is 0 Å². The smallest absolute Gasteiger partial charge is 0.249 e. The Labute approximate surface area is 289 Å². The van der Waals surface area contributed by atoms with E-state index in [4.69, 9.17) is 9.47 Å². The number of amides is 1. The molecule has 0 aliphatic carbocycles. The fraction of sp³-hybridized carbons (Fsp3) is 0.865. The Kier molecular flexibility index (Phi) is 26.3. The van der Waals surface area contributed by atoms with Gasteiger partial charge >= 0.3 is 0 Å². The van der Waals surface area contributed by atoms with E-state index in [0.717, 1.165) is 25.7 Å². The molecule has 1 saturated heterocycles. The molecule has 1 heterocycles. The molecule has 1 aliphatic rings. The number of allylic oxidation sites excluding steroid dienone is 3. The number of hydrogen-bond donors (Lipinski definition) is 8. The number of aliphatic hydroxyl groups excluding tert-OH is 7. The normalized spacial score (nSPS) is 24.2. The van der Waals surface area contributed by atoms with E-state index in [1.165, 1.54) is 70.6 Å². The van der Waals surface area contributed by atoms with E-state index in [0.29, 0.717) is 19.3 Å². The highest BCUT2D eigenvalue weighted by Gasteiger charge is 2.44. The van der Waals surface area contributed by atoms with E-state index in [1.807, 2.05) is 6.08 Å². The molecule has 1 amide bonds. The van der Waals surface area contributed by atoms with Gasteiger partial charge in [0.2, 0.25) is 5.91 Å². The van der Waals surface area contributed by atoms with Gasteiger partial charge in [-0.1, -0.05) is 128 Å². The third-order valence-electron chi connectivity index (χ3n) is 9.02. The van der Waals surface area contributed by atoms with Crippen molar-refractivity contribution in [3.05, 3.63) is 24.3 Å². The summed E-state index contributed by atoms with van der Waals surface area (Å²) in [7, 11) is 0. The van der Waals surface area contributed by atoms with Crippen LogP contribution in [0.5, 0.6) is 0 Å². The first-order valence-electron chi connectivity index (χ1n) is 18.7. The lowest BCUT2D eigenvalue weighted by molar-refractivity contribution is -0.303. The zero-order chi connectivity index (χ0) is 35.6.